The van der Waals surface area contributed by atoms with Crippen LogP contribution in [0.25, 0.3) is 10.2 Å². The number of carbonyl (C=O) groups excluding carboxylic acids is 1. The summed E-state index contributed by atoms with van der Waals surface area (Å²) in [5.41, 5.74) is 2.75. The molecule has 24 heavy (non-hydrogen) atoms. The number of aryl methyl sites for hydroxylation is 3. The van der Waals surface area contributed by atoms with Gasteiger partial charge in [0.2, 0.25) is 0 Å². The van der Waals surface area contributed by atoms with E-state index in [0.29, 0.717) is 16.1 Å². The highest BCUT2D eigenvalue weighted by atomic mass is 32.2. The second kappa shape index (κ2) is 6.53. The normalized spacial score (nSPS) is 11.2. The molecule has 0 amide bonds. The fourth-order valence-corrected chi connectivity index (χ4v) is 4.37. The molecule has 2 aromatic heterocycles. The summed E-state index contributed by atoms with van der Waals surface area (Å²) in [7, 11) is 1.71. The molecule has 124 valence electrons. The number of hydrogen-bond donors (Lipinski definition) is 0. The Bertz CT molecular complexity index is 985. The Labute approximate surface area is 148 Å². The molecule has 0 atom stereocenters. The lowest BCUT2D eigenvalue weighted by atomic mass is 10.1. The van der Waals surface area contributed by atoms with Crippen molar-refractivity contribution in [1.82, 2.24) is 9.55 Å². The molecule has 3 aromatic rings. The molecule has 0 N–H and O–H groups in total. The lowest BCUT2D eigenvalue weighted by Crippen LogP contribution is -2.20. The molecule has 3 rings (SSSR count). The highest BCUT2D eigenvalue weighted by Gasteiger charge is 2.16. The first-order chi connectivity index (χ1) is 11.4. The van der Waals surface area contributed by atoms with E-state index in [-0.39, 0.29) is 17.1 Å². The molecule has 1 aromatic carbocycles. The van der Waals surface area contributed by atoms with E-state index >= 15 is 0 Å². The SMILES string of the molecule is Cc1ccc(C(=O)CSc2nc3sc(C)c(C)c3c(=O)n2C)cc1. The van der Waals surface area contributed by atoms with Crippen molar-refractivity contribution in [3.63, 3.8) is 0 Å². The summed E-state index contributed by atoms with van der Waals surface area (Å²) in [5.74, 6) is 0.297. The lowest BCUT2D eigenvalue weighted by Gasteiger charge is -2.07. The Balaban J connectivity index is 1.88. The van der Waals surface area contributed by atoms with Crippen LogP contribution in [0.3, 0.4) is 0 Å². The third kappa shape index (κ3) is 3.03. The van der Waals surface area contributed by atoms with Crippen molar-refractivity contribution in [2.24, 2.45) is 7.05 Å². The number of hydrogen-bond acceptors (Lipinski definition) is 5. The van der Waals surface area contributed by atoms with Gasteiger partial charge >= 0.3 is 0 Å². The van der Waals surface area contributed by atoms with E-state index in [1.54, 1.807) is 7.05 Å². The zero-order valence-corrected chi connectivity index (χ0v) is 15.7. The number of fused-ring (bicyclic) bond motifs is 1. The van der Waals surface area contributed by atoms with Gasteiger partial charge in [0.25, 0.3) is 5.56 Å². The maximum atomic E-state index is 12.6. The zero-order valence-electron chi connectivity index (χ0n) is 14.0. The second-order valence-corrected chi connectivity index (χ2v) is 7.95. The van der Waals surface area contributed by atoms with Crippen LogP contribution in [0.5, 0.6) is 0 Å². The Kier molecular flexibility index (Phi) is 4.60. The maximum Gasteiger partial charge on any atom is 0.262 e. The van der Waals surface area contributed by atoms with Gasteiger partial charge in [0.15, 0.2) is 10.9 Å². The van der Waals surface area contributed by atoms with Crippen molar-refractivity contribution in [1.29, 1.82) is 0 Å². The van der Waals surface area contributed by atoms with Crippen molar-refractivity contribution >= 4 is 39.1 Å². The van der Waals surface area contributed by atoms with Crippen molar-refractivity contribution in [3.05, 3.63) is 56.2 Å². The summed E-state index contributed by atoms with van der Waals surface area (Å²) in [4.78, 5) is 31.3. The predicted molar refractivity (Wildman–Crippen MR) is 101 cm³/mol. The minimum atomic E-state index is -0.0489. The van der Waals surface area contributed by atoms with Gasteiger partial charge in [0.1, 0.15) is 4.83 Å². The topological polar surface area (TPSA) is 52.0 Å². The molecular weight excluding hydrogens is 340 g/mol. The smallest absolute Gasteiger partial charge is 0.262 e. The minimum absolute atomic E-state index is 0.0351. The minimum Gasteiger partial charge on any atom is -0.293 e. The van der Waals surface area contributed by atoms with Gasteiger partial charge < -0.3 is 0 Å². The number of rotatable bonds is 4. The lowest BCUT2D eigenvalue weighted by molar-refractivity contribution is 0.102. The summed E-state index contributed by atoms with van der Waals surface area (Å²) in [5, 5.41) is 1.27. The van der Waals surface area contributed by atoms with Gasteiger partial charge in [-0.2, -0.15) is 0 Å². The summed E-state index contributed by atoms with van der Waals surface area (Å²) < 4.78 is 1.54. The molecule has 0 aliphatic heterocycles. The molecule has 0 saturated carbocycles. The number of ketones is 1. The van der Waals surface area contributed by atoms with Crippen LogP contribution >= 0.6 is 23.1 Å². The van der Waals surface area contributed by atoms with E-state index in [1.807, 2.05) is 45.0 Å². The highest BCUT2D eigenvalue weighted by molar-refractivity contribution is 7.99. The summed E-state index contributed by atoms with van der Waals surface area (Å²) in [6.07, 6.45) is 0. The Morgan fingerprint density at radius 3 is 2.54 bits per heavy atom. The van der Waals surface area contributed by atoms with Crippen LogP contribution in [-0.2, 0) is 7.05 Å². The molecule has 0 unspecified atom stereocenters. The number of thiophene rings is 1. The number of nitrogens with zero attached hydrogens (tertiary/aromatic N) is 2. The molecule has 0 bridgehead atoms. The van der Waals surface area contributed by atoms with E-state index < -0.39 is 0 Å². The van der Waals surface area contributed by atoms with Crippen molar-refractivity contribution < 1.29 is 4.79 Å². The van der Waals surface area contributed by atoms with E-state index in [0.717, 1.165) is 20.8 Å². The molecule has 0 saturated heterocycles. The van der Waals surface area contributed by atoms with Crippen LogP contribution in [0, 0.1) is 20.8 Å². The number of aromatic nitrogens is 2. The maximum absolute atomic E-state index is 12.6. The third-order valence-electron chi connectivity index (χ3n) is 4.08. The molecule has 6 heteroatoms. The monoisotopic (exact) mass is 358 g/mol. The fourth-order valence-electron chi connectivity index (χ4n) is 2.44. The first-order valence-electron chi connectivity index (χ1n) is 7.58. The quantitative estimate of drug-likeness (QED) is 0.403. The molecule has 2 heterocycles. The molecule has 0 spiro atoms. The first-order valence-corrected chi connectivity index (χ1v) is 9.38. The summed E-state index contributed by atoms with van der Waals surface area (Å²) in [6.45, 7) is 5.93. The molecule has 0 radical (unpaired) electrons. The summed E-state index contributed by atoms with van der Waals surface area (Å²) in [6, 6.07) is 7.52. The third-order valence-corrected chi connectivity index (χ3v) is 6.21. The molecule has 0 fully saturated rings. The number of carbonyl (C=O) groups is 1. The predicted octanol–water partition coefficient (Wildman–Crippen LogP) is 3.90. The highest BCUT2D eigenvalue weighted by Crippen LogP contribution is 2.28. The average Bonchev–Trinajstić information content (AvgIpc) is 2.84. The van der Waals surface area contributed by atoms with Crippen LogP contribution in [0.1, 0.15) is 26.4 Å². The van der Waals surface area contributed by atoms with Crippen LogP contribution < -0.4 is 5.56 Å². The number of Topliss-reactive ketones (excluding diaryl/α,β-unsaturated/α-hetero) is 1. The van der Waals surface area contributed by atoms with Crippen LogP contribution in [0.4, 0.5) is 0 Å². The number of thioether (sulfide) groups is 1. The van der Waals surface area contributed by atoms with Gasteiger partial charge in [-0.25, -0.2) is 4.98 Å². The Morgan fingerprint density at radius 2 is 1.88 bits per heavy atom. The van der Waals surface area contributed by atoms with Crippen LogP contribution in [-0.4, -0.2) is 21.1 Å². The Hall–Kier alpha value is -1.92. The largest absolute Gasteiger partial charge is 0.293 e. The van der Waals surface area contributed by atoms with Gasteiger partial charge in [-0.05, 0) is 26.3 Å². The number of benzene rings is 1. The van der Waals surface area contributed by atoms with Gasteiger partial charge in [-0.1, -0.05) is 41.6 Å². The molecular formula is C18H18N2O2S2. The first kappa shape index (κ1) is 16.9. The molecule has 4 nitrogen and oxygen atoms in total. The average molecular weight is 358 g/mol. The standard InChI is InChI=1S/C18H18N2O2S2/c1-10-5-7-13(8-6-10)14(21)9-23-18-19-16-15(17(22)20(18)4)11(2)12(3)24-16/h5-8H,9H2,1-4H3. The van der Waals surface area contributed by atoms with Gasteiger partial charge in [0, 0.05) is 17.5 Å². The summed E-state index contributed by atoms with van der Waals surface area (Å²) >= 11 is 2.83. The Morgan fingerprint density at radius 1 is 1.21 bits per heavy atom. The van der Waals surface area contributed by atoms with E-state index in [9.17, 15) is 9.59 Å². The van der Waals surface area contributed by atoms with Crippen molar-refractivity contribution in [2.45, 2.75) is 25.9 Å². The van der Waals surface area contributed by atoms with Gasteiger partial charge in [0.05, 0.1) is 11.1 Å². The van der Waals surface area contributed by atoms with Crippen LogP contribution in [0.15, 0.2) is 34.2 Å². The molecule has 0 aliphatic rings. The van der Waals surface area contributed by atoms with Gasteiger partial charge in [-0.15, -0.1) is 11.3 Å². The second-order valence-electron chi connectivity index (χ2n) is 5.80. The van der Waals surface area contributed by atoms with Gasteiger partial charge in [-0.3, -0.25) is 14.2 Å². The van der Waals surface area contributed by atoms with E-state index in [1.165, 1.54) is 27.7 Å². The van der Waals surface area contributed by atoms with Crippen molar-refractivity contribution in [3.8, 4) is 0 Å². The fraction of sp³-hybridized carbons (Fsp3) is 0.278. The molecule has 0 aliphatic carbocycles. The zero-order chi connectivity index (χ0) is 17.4. The van der Waals surface area contributed by atoms with Crippen molar-refractivity contribution in [2.75, 3.05) is 5.75 Å². The van der Waals surface area contributed by atoms with E-state index in [2.05, 4.69) is 4.98 Å². The van der Waals surface area contributed by atoms with Crippen LogP contribution in [0.2, 0.25) is 0 Å². The van der Waals surface area contributed by atoms with E-state index in [4.69, 9.17) is 0 Å².